The summed E-state index contributed by atoms with van der Waals surface area (Å²) in [5, 5.41) is -0.155. The van der Waals surface area contributed by atoms with Gasteiger partial charge in [-0.2, -0.15) is 0 Å². The molecule has 1 atom stereocenters. The number of hydrogen-bond acceptors (Lipinski definition) is 2. The van der Waals surface area contributed by atoms with Gasteiger partial charge in [-0.3, -0.25) is 0 Å². The summed E-state index contributed by atoms with van der Waals surface area (Å²) in [4.78, 5) is 0. The van der Waals surface area contributed by atoms with E-state index < -0.39 is 0 Å². The maximum absolute atomic E-state index is 6.61. The van der Waals surface area contributed by atoms with Crippen LogP contribution < -0.4 is 9.47 Å². The molecule has 2 rings (SSSR count). The summed E-state index contributed by atoms with van der Waals surface area (Å²) in [7, 11) is 3.27. The quantitative estimate of drug-likeness (QED) is 0.736. The zero-order chi connectivity index (χ0) is 15.4. The molecular weight excluding hydrogens is 284 g/mol. The van der Waals surface area contributed by atoms with Crippen LogP contribution in [0.15, 0.2) is 36.4 Å². The van der Waals surface area contributed by atoms with E-state index in [4.69, 9.17) is 21.1 Å². The molecule has 0 heterocycles. The number of ether oxygens (including phenoxy) is 2. The Hall–Kier alpha value is -1.67. The van der Waals surface area contributed by atoms with E-state index in [0.29, 0.717) is 11.5 Å². The number of methoxy groups -OCH3 is 2. The van der Waals surface area contributed by atoms with Crippen molar-refractivity contribution in [2.75, 3.05) is 14.2 Å². The lowest BCUT2D eigenvalue weighted by molar-refractivity contribution is 0.351. The van der Waals surface area contributed by atoms with Gasteiger partial charge in [-0.15, -0.1) is 11.6 Å². The fourth-order valence-electron chi connectivity index (χ4n) is 2.41. The standard InChI is InChI=1S/C18H21ClO2/c1-12-8-9-14(10-13(12)2)11-16(19)15-6-5-7-17(20-3)18(15)21-4/h5-10,16H,11H2,1-4H3. The molecule has 0 radical (unpaired) electrons. The third-order valence-corrected chi connectivity index (χ3v) is 4.15. The average Bonchev–Trinajstić information content (AvgIpc) is 2.49. The monoisotopic (exact) mass is 304 g/mol. The van der Waals surface area contributed by atoms with E-state index in [9.17, 15) is 0 Å². The molecule has 0 fully saturated rings. The first kappa shape index (κ1) is 15.7. The lowest BCUT2D eigenvalue weighted by Crippen LogP contribution is -2.01. The van der Waals surface area contributed by atoms with Crippen LogP contribution in [0.5, 0.6) is 11.5 Å². The molecule has 2 aromatic carbocycles. The minimum Gasteiger partial charge on any atom is -0.493 e. The summed E-state index contributed by atoms with van der Waals surface area (Å²) >= 11 is 6.61. The van der Waals surface area contributed by atoms with Crippen molar-refractivity contribution in [3.8, 4) is 11.5 Å². The van der Waals surface area contributed by atoms with Gasteiger partial charge in [0.1, 0.15) is 0 Å². The molecule has 0 saturated heterocycles. The van der Waals surface area contributed by atoms with Crippen molar-refractivity contribution in [1.82, 2.24) is 0 Å². The van der Waals surface area contributed by atoms with E-state index in [1.54, 1.807) is 14.2 Å². The topological polar surface area (TPSA) is 18.5 Å². The highest BCUT2D eigenvalue weighted by atomic mass is 35.5. The number of alkyl halides is 1. The molecule has 0 aliphatic rings. The van der Waals surface area contributed by atoms with Crippen LogP contribution in [0, 0.1) is 13.8 Å². The molecule has 0 amide bonds. The molecule has 2 aromatic rings. The summed E-state index contributed by atoms with van der Waals surface area (Å²) in [6.07, 6.45) is 0.756. The van der Waals surface area contributed by atoms with Gasteiger partial charge in [-0.1, -0.05) is 30.3 Å². The summed E-state index contributed by atoms with van der Waals surface area (Å²) < 4.78 is 10.8. The molecule has 0 N–H and O–H groups in total. The van der Waals surface area contributed by atoms with Crippen molar-refractivity contribution in [3.63, 3.8) is 0 Å². The van der Waals surface area contributed by atoms with Crippen LogP contribution in [0.1, 0.15) is 27.6 Å². The Bertz CT molecular complexity index is 623. The molecule has 0 aliphatic carbocycles. The molecule has 21 heavy (non-hydrogen) atoms. The summed E-state index contributed by atoms with van der Waals surface area (Å²) in [5.74, 6) is 1.42. The number of hydrogen-bond donors (Lipinski definition) is 0. The minimum absolute atomic E-state index is 0.155. The second kappa shape index (κ2) is 6.86. The van der Waals surface area contributed by atoms with Crippen molar-refractivity contribution >= 4 is 11.6 Å². The number of para-hydroxylation sites is 1. The number of rotatable bonds is 5. The third-order valence-electron chi connectivity index (χ3n) is 3.76. The maximum atomic E-state index is 6.61. The molecule has 0 aliphatic heterocycles. The Balaban J connectivity index is 2.27. The highest BCUT2D eigenvalue weighted by Gasteiger charge is 2.17. The number of halogens is 1. The first-order valence-corrected chi connectivity index (χ1v) is 7.41. The van der Waals surface area contributed by atoms with Gasteiger partial charge in [0.25, 0.3) is 0 Å². The Kier molecular flexibility index (Phi) is 5.13. The SMILES string of the molecule is COc1cccc(C(Cl)Cc2ccc(C)c(C)c2)c1OC. The summed E-state index contributed by atoms with van der Waals surface area (Å²) in [6.45, 7) is 4.23. The first-order chi connectivity index (χ1) is 10.1. The van der Waals surface area contributed by atoms with E-state index in [2.05, 4.69) is 32.0 Å². The summed E-state index contributed by atoms with van der Waals surface area (Å²) in [6, 6.07) is 12.3. The molecule has 112 valence electrons. The van der Waals surface area contributed by atoms with Gasteiger partial charge in [-0.25, -0.2) is 0 Å². The van der Waals surface area contributed by atoms with E-state index >= 15 is 0 Å². The van der Waals surface area contributed by atoms with Crippen LogP contribution in [0.2, 0.25) is 0 Å². The predicted octanol–water partition coefficient (Wildman–Crippen LogP) is 4.84. The van der Waals surface area contributed by atoms with Gasteiger partial charge in [0.15, 0.2) is 11.5 Å². The van der Waals surface area contributed by atoms with Gasteiger partial charge < -0.3 is 9.47 Å². The summed E-state index contributed by atoms with van der Waals surface area (Å²) in [5.41, 5.74) is 4.76. The molecular formula is C18H21ClO2. The van der Waals surface area contributed by atoms with E-state index in [0.717, 1.165) is 12.0 Å². The highest BCUT2D eigenvalue weighted by molar-refractivity contribution is 6.21. The van der Waals surface area contributed by atoms with Crippen molar-refractivity contribution in [2.24, 2.45) is 0 Å². The highest BCUT2D eigenvalue weighted by Crippen LogP contribution is 2.38. The van der Waals surface area contributed by atoms with Crippen molar-refractivity contribution in [1.29, 1.82) is 0 Å². The Morgan fingerprint density at radius 3 is 2.38 bits per heavy atom. The normalized spacial score (nSPS) is 12.0. The van der Waals surface area contributed by atoms with Gasteiger partial charge in [0.2, 0.25) is 0 Å². The smallest absolute Gasteiger partial charge is 0.165 e. The number of benzene rings is 2. The fourth-order valence-corrected chi connectivity index (χ4v) is 2.76. The van der Waals surface area contributed by atoms with E-state index in [-0.39, 0.29) is 5.38 Å². The Morgan fingerprint density at radius 1 is 1.00 bits per heavy atom. The van der Waals surface area contributed by atoms with Crippen LogP contribution in [-0.4, -0.2) is 14.2 Å². The van der Waals surface area contributed by atoms with Crippen LogP contribution in [-0.2, 0) is 6.42 Å². The zero-order valence-electron chi connectivity index (χ0n) is 12.9. The lowest BCUT2D eigenvalue weighted by atomic mass is 9.99. The molecule has 0 saturated carbocycles. The van der Waals surface area contributed by atoms with Gasteiger partial charge in [0, 0.05) is 5.56 Å². The Labute approximate surface area is 131 Å². The van der Waals surface area contributed by atoms with Crippen LogP contribution in [0.25, 0.3) is 0 Å². The van der Waals surface area contributed by atoms with Crippen LogP contribution in [0.3, 0.4) is 0 Å². The van der Waals surface area contributed by atoms with Gasteiger partial charge in [0.05, 0.1) is 19.6 Å². The molecule has 2 nitrogen and oxygen atoms in total. The average molecular weight is 305 g/mol. The van der Waals surface area contributed by atoms with Crippen molar-refractivity contribution in [2.45, 2.75) is 25.6 Å². The second-order valence-corrected chi connectivity index (χ2v) is 5.70. The minimum atomic E-state index is -0.155. The van der Waals surface area contributed by atoms with E-state index in [1.165, 1.54) is 16.7 Å². The molecule has 1 unspecified atom stereocenters. The molecule has 0 aromatic heterocycles. The fraction of sp³-hybridized carbons (Fsp3) is 0.333. The van der Waals surface area contributed by atoms with Gasteiger partial charge >= 0.3 is 0 Å². The van der Waals surface area contributed by atoms with Crippen molar-refractivity contribution < 1.29 is 9.47 Å². The Morgan fingerprint density at radius 2 is 1.76 bits per heavy atom. The molecule has 0 bridgehead atoms. The van der Waals surface area contributed by atoms with E-state index in [1.807, 2.05) is 18.2 Å². The predicted molar refractivity (Wildman–Crippen MR) is 87.8 cm³/mol. The molecule has 3 heteroatoms. The zero-order valence-corrected chi connectivity index (χ0v) is 13.7. The number of aryl methyl sites for hydroxylation is 2. The van der Waals surface area contributed by atoms with Crippen molar-refractivity contribution in [3.05, 3.63) is 58.7 Å². The van der Waals surface area contributed by atoms with Gasteiger partial charge in [-0.05, 0) is 43.0 Å². The third kappa shape index (κ3) is 3.51. The van der Waals surface area contributed by atoms with Crippen LogP contribution in [0.4, 0.5) is 0 Å². The first-order valence-electron chi connectivity index (χ1n) is 6.98. The lowest BCUT2D eigenvalue weighted by Gasteiger charge is -2.17. The largest absolute Gasteiger partial charge is 0.493 e. The maximum Gasteiger partial charge on any atom is 0.165 e. The van der Waals surface area contributed by atoms with Crippen LogP contribution >= 0.6 is 11.6 Å². The second-order valence-electron chi connectivity index (χ2n) is 5.17. The molecule has 0 spiro atoms.